The first-order valence-electron chi connectivity index (χ1n) is 6.97. The minimum atomic E-state index is -0.389. The van der Waals surface area contributed by atoms with Crippen molar-refractivity contribution in [2.45, 2.75) is 52.1 Å². The second-order valence-electron chi connectivity index (χ2n) is 6.31. The lowest BCUT2D eigenvalue weighted by atomic mass is 9.64. The van der Waals surface area contributed by atoms with E-state index >= 15 is 0 Å². The highest BCUT2D eigenvalue weighted by Gasteiger charge is 2.44. The molecule has 16 heavy (non-hydrogen) atoms. The Labute approximate surface area is 99.8 Å². The summed E-state index contributed by atoms with van der Waals surface area (Å²) in [5, 5.41) is 14.3. The van der Waals surface area contributed by atoms with E-state index in [9.17, 15) is 5.11 Å². The highest BCUT2D eigenvalue weighted by molar-refractivity contribution is 4.97. The van der Waals surface area contributed by atoms with E-state index in [4.69, 9.17) is 0 Å². The maximum absolute atomic E-state index is 10.9. The molecular formula is C14H27NO. The lowest BCUT2D eigenvalue weighted by Crippen LogP contribution is -2.54. The van der Waals surface area contributed by atoms with Crippen molar-refractivity contribution >= 4 is 0 Å². The molecule has 0 bridgehead atoms. The highest BCUT2D eigenvalue weighted by Crippen LogP contribution is 2.43. The maximum Gasteiger partial charge on any atom is 0.0725 e. The summed E-state index contributed by atoms with van der Waals surface area (Å²) in [4.78, 5) is 0. The van der Waals surface area contributed by atoms with Crippen LogP contribution in [-0.2, 0) is 0 Å². The second kappa shape index (κ2) is 4.66. The van der Waals surface area contributed by atoms with E-state index in [1.165, 1.54) is 19.3 Å². The van der Waals surface area contributed by atoms with Gasteiger partial charge < -0.3 is 10.4 Å². The normalized spacial score (nSPS) is 50.2. The molecule has 0 aromatic rings. The Morgan fingerprint density at radius 1 is 1.12 bits per heavy atom. The van der Waals surface area contributed by atoms with Crippen molar-refractivity contribution in [3.8, 4) is 0 Å². The first-order chi connectivity index (χ1) is 7.54. The largest absolute Gasteiger partial charge is 0.389 e. The van der Waals surface area contributed by atoms with Crippen molar-refractivity contribution < 1.29 is 5.11 Å². The van der Waals surface area contributed by atoms with E-state index in [2.05, 4.69) is 26.1 Å². The fourth-order valence-corrected chi connectivity index (χ4v) is 3.64. The predicted molar refractivity (Wildman–Crippen MR) is 67.3 cm³/mol. The molecule has 5 atom stereocenters. The first-order valence-corrected chi connectivity index (χ1v) is 6.97. The number of nitrogens with one attached hydrogen (secondary N) is 1. The van der Waals surface area contributed by atoms with Crippen LogP contribution in [0.5, 0.6) is 0 Å². The van der Waals surface area contributed by atoms with Gasteiger partial charge in [-0.2, -0.15) is 0 Å². The first kappa shape index (κ1) is 12.4. The van der Waals surface area contributed by atoms with Crippen LogP contribution in [0.2, 0.25) is 0 Å². The molecule has 1 heterocycles. The number of hydrogen-bond acceptors (Lipinski definition) is 2. The minimum absolute atomic E-state index is 0.389. The molecule has 2 aliphatic rings. The van der Waals surface area contributed by atoms with E-state index in [-0.39, 0.29) is 5.60 Å². The quantitative estimate of drug-likeness (QED) is 0.718. The smallest absolute Gasteiger partial charge is 0.0725 e. The number of piperidine rings is 1. The fourth-order valence-electron chi connectivity index (χ4n) is 3.64. The fraction of sp³-hybridized carbons (Fsp3) is 1.00. The van der Waals surface area contributed by atoms with Gasteiger partial charge in [0.15, 0.2) is 0 Å². The van der Waals surface area contributed by atoms with Gasteiger partial charge in [-0.3, -0.25) is 0 Å². The molecule has 0 amide bonds. The van der Waals surface area contributed by atoms with Crippen molar-refractivity contribution in [3.63, 3.8) is 0 Å². The Kier molecular flexibility index (Phi) is 3.60. The van der Waals surface area contributed by atoms with Crippen LogP contribution in [0.3, 0.4) is 0 Å². The molecule has 2 heteroatoms. The van der Waals surface area contributed by atoms with Crippen molar-refractivity contribution in [1.82, 2.24) is 5.32 Å². The van der Waals surface area contributed by atoms with Crippen molar-refractivity contribution in [3.05, 3.63) is 0 Å². The molecule has 0 aromatic heterocycles. The molecule has 0 radical (unpaired) electrons. The van der Waals surface area contributed by atoms with Crippen molar-refractivity contribution in [1.29, 1.82) is 0 Å². The standard InChI is InChI=1S/C14H27NO/c1-10-4-5-13(8-11(10)2)14(16)6-7-15-9-12(14)3/h10-13,15-16H,4-9H2,1-3H3. The van der Waals surface area contributed by atoms with Crippen LogP contribution in [-0.4, -0.2) is 23.8 Å². The summed E-state index contributed by atoms with van der Waals surface area (Å²) in [6.07, 6.45) is 4.70. The summed E-state index contributed by atoms with van der Waals surface area (Å²) < 4.78 is 0. The molecular weight excluding hydrogens is 198 g/mol. The van der Waals surface area contributed by atoms with E-state index < -0.39 is 0 Å². The van der Waals surface area contributed by atoms with E-state index in [1.54, 1.807) is 0 Å². The van der Waals surface area contributed by atoms with Crippen molar-refractivity contribution in [2.75, 3.05) is 13.1 Å². The Bertz CT molecular complexity index is 243. The molecule has 2 rings (SSSR count). The van der Waals surface area contributed by atoms with Gasteiger partial charge in [-0.15, -0.1) is 0 Å². The van der Waals surface area contributed by atoms with Gasteiger partial charge in [0.1, 0.15) is 0 Å². The van der Waals surface area contributed by atoms with Crippen LogP contribution in [0.25, 0.3) is 0 Å². The lowest BCUT2D eigenvalue weighted by Gasteiger charge is -2.48. The van der Waals surface area contributed by atoms with Gasteiger partial charge in [0.25, 0.3) is 0 Å². The van der Waals surface area contributed by atoms with Gasteiger partial charge in [-0.25, -0.2) is 0 Å². The van der Waals surface area contributed by atoms with Crippen LogP contribution in [0.1, 0.15) is 46.5 Å². The van der Waals surface area contributed by atoms with Crippen LogP contribution in [0.15, 0.2) is 0 Å². The molecule has 94 valence electrons. The number of aliphatic hydroxyl groups is 1. The van der Waals surface area contributed by atoms with E-state index in [1.807, 2.05) is 0 Å². The highest BCUT2D eigenvalue weighted by atomic mass is 16.3. The van der Waals surface area contributed by atoms with Gasteiger partial charge in [0, 0.05) is 6.54 Å². The molecule has 1 saturated carbocycles. The summed E-state index contributed by atoms with van der Waals surface area (Å²) >= 11 is 0. The lowest BCUT2D eigenvalue weighted by molar-refractivity contribution is -0.102. The van der Waals surface area contributed by atoms with Gasteiger partial charge in [0.05, 0.1) is 5.60 Å². The van der Waals surface area contributed by atoms with Crippen LogP contribution >= 0.6 is 0 Å². The SMILES string of the molecule is CC1CCC(C2(O)CCNCC2C)CC1C. The zero-order valence-corrected chi connectivity index (χ0v) is 11.0. The molecule has 0 spiro atoms. The average molecular weight is 225 g/mol. The maximum atomic E-state index is 10.9. The minimum Gasteiger partial charge on any atom is -0.389 e. The predicted octanol–water partition coefficient (Wildman–Crippen LogP) is 2.42. The third-order valence-electron chi connectivity index (χ3n) is 5.31. The third-order valence-corrected chi connectivity index (χ3v) is 5.31. The molecule has 1 saturated heterocycles. The molecule has 2 fully saturated rings. The topological polar surface area (TPSA) is 32.3 Å². The summed E-state index contributed by atoms with van der Waals surface area (Å²) in [5.74, 6) is 2.57. The molecule has 1 aliphatic carbocycles. The zero-order chi connectivity index (χ0) is 11.8. The summed E-state index contributed by atoms with van der Waals surface area (Å²) in [5.41, 5.74) is -0.389. The summed E-state index contributed by atoms with van der Waals surface area (Å²) in [6, 6.07) is 0. The van der Waals surface area contributed by atoms with Crippen molar-refractivity contribution in [2.24, 2.45) is 23.7 Å². The summed E-state index contributed by atoms with van der Waals surface area (Å²) in [6.45, 7) is 8.88. The molecule has 5 unspecified atom stereocenters. The Morgan fingerprint density at radius 2 is 1.88 bits per heavy atom. The van der Waals surface area contributed by atoms with Gasteiger partial charge in [0.2, 0.25) is 0 Å². The molecule has 2 nitrogen and oxygen atoms in total. The Hall–Kier alpha value is -0.0800. The monoisotopic (exact) mass is 225 g/mol. The zero-order valence-electron chi connectivity index (χ0n) is 11.0. The van der Waals surface area contributed by atoms with Crippen LogP contribution in [0, 0.1) is 23.7 Å². The average Bonchev–Trinajstić information content (AvgIpc) is 2.26. The van der Waals surface area contributed by atoms with Gasteiger partial charge in [-0.05, 0) is 49.5 Å². The number of hydrogen-bond donors (Lipinski definition) is 2. The van der Waals surface area contributed by atoms with E-state index in [0.29, 0.717) is 11.8 Å². The van der Waals surface area contributed by atoms with E-state index in [0.717, 1.165) is 31.3 Å². The number of rotatable bonds is 1. The molecule has 1 aliphatic heterocycles. The molecule has 2 N–H and O–H groups in total. The Morgan fingerprint density at radius 3 is 2.50 bits per heavy atom. The van der Waals surface area contributed by atoms with Gasteiger partial charge in [-0.1, -0.05) is 27.2 Å². The molecule has 0 aromatic carbocycles. The second-order valence-corrected chi connectivity index (χ2v) is 6.31. The third kappa shape index (κ3) is 2.14. The van der Waals surface area contributed by atoms with Crippen LogP contribution < -0.4 is 5.32 Å². The summed E-state index contributed by atoms with van der Waals surface area (Å²) in [7, 11) is 0. The van der Waals surface area contributed by atoms with Crippen LogP contribution in [0.4, 0.5) is 0 Å². The van der Waals surface area contributed by atoms with Gasteiger partial charge >= 0.3 is 0 Å². The Balaban J connectivity index is 2.05.